The van der Waals surface area contributed by atoms with Gasteiger partial charge >= 0.3 is 5.97 Å². The number of nitrogens with zero attached hydrogens (tertiary/aromatic N) is 3. The number of H-pyrrole nitrogens is 1. The monoisotopic (exact) mass is 609 g/mol. The van der Waals surface area contributed by atoms with Gasteiger partial charge in [-0.05, 0) is 25.7 Å². The Hall–Kier alpha value is -4.78. The summed E-state index contributed by atoms with van der Waals surface area (Å²) in [5, 5.41) is 25.7. The van der Waals surface area contributed by atoms with E-state index in [0.717, 1.165) is 0 Å². The number of aliphatic imine (C=N–C) groups is 1. The first-order valence-electron chi connectivity index (χ1n) is 13.5. The third-order valence-electron chi connectivity index (χ3n) is 6.57. The van der Waals surface area contributed by atoms with E-state index in [1.165, 1.54) is 17.4 Å². The van der Waals surface area contributed by atoms with E-state index < -0.39 is 78.7 Å². The van der Waals surface area contributed by atoms with Crippen LogP contribution in [0.3, 0.4) is 0 Å². The molecule has 1 aromatic rings. The normalized spacial score (nSPS) is 17.2. The molecule has 0 aromatic carbocycles. The Labute approximate surface area is 246 Å². The van der Waals surface area contributed by atoms with Crippen molar-refractivity contribution in [1.82, 2.24) is 30.8 Å². The van der Waals surface area contributed by atoms with Crippen molar-refractivity contribution < 1.29 is 39.0 Å². The highest BCUT2D eigenvalue weighted by atomic mass is 16.4. The number of carboxylic acids is 1. The van der Waals surface area contributed by atoms with Gasteiger partial charge < -0.3 is 59.0 Å². The summed E-state index contributed by atoms with van der Waals surface area (Å²) in [6.45, 7) is -0.606. The van der Waals surface area contributed by atoms with Crippen molar-refractivity contribution in [3.8, 4) is 0 Å². The van der Waals surface area contributed by atoms with Crippen LogP contribution in [0.1, 0.15) is 37.8 Å². The number of carbonyl (C=O) groups excluding carboxylic acids is 5. The zero-order valence-corrected chi connectivity index (χ0v) is 23.4. The number of imidazole rings is 1. The molecular formula is C24H39N11O8. The zero-order valence-electron chi connectivity index (χ0n) is 23.4. The molecule has 1 aliphatic heterocycles. The summed E-state index contributed by atoms with van der Waals surface area (Å²) in [5.41, 5.74) is 22.0. The first-order valence-corrected chi connectivity index (χ1v) is 13.5. The SMILES string of the molecule is NC(=O)C[C@H](N)C(=O)N[C@@H](Cc1cnc[nH]1)C(=O)N1CCC[C@H]1C(=O)N[C@@H](CCCN=C(N)N)C(=O)N[C@@H](CO)C(=O)O. The molecule has 1 aliphatic rings. The van der Waals surface area contributed by atoms with Crippen molar-refractivity contribution in [1.29, 1.82) is 0 Å². The third-order valence-corrected chi connectivity index (χ3v) is 6.57. The molecule has 0 unspecified atom stereocenters. The number of rotatable bonds is 17. The number of guanidine groups is 1. The second kappa shape index (κ2) is 16.6. The van der Waals surface area contributed by atoms with Gasteiger partial charge in [-0.2, -0.15) is 0 Å². The number of amides is 5. The molecule has 2 heterocycles. The van der Waals surface area contributed by atoms with Gasteiger partial charge in [0.2, 0.25) is 29.5 Å². The molecule has 2 rings (SSSR count). The molecule has 43 heavy (non-hydrogen) atoms. The predicted octanol–water partition coefficient (Wildman–Crippen LogP) is -5.27. The molecule has 1 saturated heterocycles. The highest BCUT2D eigenvalue weighted by molar-refractivity contribution is 5.96. The van der Waals surface area contributed by atoms with E-state index in [1.807, 2.05) is 0 Å². The minimum absolute atomic E-state index is 0.00302. The van der Waals surface area contributed by atoms with Gasteiger partial charge in [0.25, 0.3) is 0 Å². The number of hydrogen-bond acceptors (Lipinski definition) is 10. The number of aliphatic hydroxyl groups is 1. The highest BCUT2D eigenvalue weighted by Crippen LogP contribution is 2.20. The first kappa shape index (κ1) is 34.4. The van der Waals surface area contributed by atoms with E-state index in [-0.39, 0.29) is 44.7 Å². The second-order valence-corrected chi connectivity index (χ2v) is 9.90. The van der Waals surface area contributed by atoms with Crippen LogP contribution in [-0.4, -0.2) is 116 Å². The molecule has 5 atom stereocenters. The van der Waals surface area contributed by atoms with E-state index in [0.29, 0.717) is 12.1 Å². The number of carbonyl (C=O) groups is 6. The first-order chi connectivity index (χ1) is 20.3. The third kappa shape index (κ3) is 10.9. The number of nitrogens with one attached hydrogen (secondary N) is 4. The molecule has 0 aliphatic carbocycles. The molecule has 0 bridgehead atoms. The Bertz CT molecular complexity index is 1170. The van der Waals surface area contributed by atoms with Gasteiger partial charge in [-0.1, -0.05) is 0 Å². The lowest BCUT2D eigenvalue weighted by Crippen LogP contribution is -2.58. The number of primary amides is 1. The topological polar surface area (TPSA) is 327 Å². The highest BCUT2D eigenvalue weighted by Gasteiger charge is 2.39. The lowest BCUT2D eigenvalue weighted by atomic mass is 10.1. The van der Waals surface area contributed by atoms with E-state index in [2.05, 4.69) is 30.9 Å². The molecule has 19 heteroatoms. The van der Waals surface area contributed by atoms with Crippen LogP contribution in [0.2, 0.25) is 0 Å². The summed E-state index contributed by atoms with van der Waals surface area (Å²) in [7, 11) is 0. The van der Waals surface area contributed by atoms with E-state index in [4.69, 9.17) is 22.9 Å². The van der Waals surface area contributed by atoms with Crippen molar-refractivity contribution in [2.45, 2.75) is 68.7 Å². The smallest absolute Gasteiger partial charge is 0.328 e. The zero-order chi connectivity index (χ0) is 32.1. The lowest BCUT2D eigenvalue weighted by molar-refractivity contribution is -0.144. The van der Waals surface area contributed by atoms with Crippen molar-refractivity contribution in [2.75, 3.05) is 19.7 Å². The van der Waals surface area contributed by atoms with E-state index in [1.54, 1.807) is 0 Å². The number of likely N-dealkylation sites (tertiary alicyclic amines) is 1. The summed E-state index contributed by atoms with van der Waals surface area (Å²) >= 11 is 0. The van der Waals surface area contributed by atoms with Gasteiger partial charge in [0, 0.05) is 31.4 Å². The predicted molar refractivity (Wildman–Crippen MR) is 149 cm³/mol. The molecule has 5 amide bonds. The number of hydrogen-bond donors (Lipinski definition) is 10. The van der Waals surface area contributed by atoms with Crippen LogP contribution < -0.4 is 38.9 Å². The Kier molecular flexibility index (Phi) is 13.3. The van der Waals surface area contributed by atoms with Crippen LogP contribution in [-0.2, 0) is 35.2 Å². The van der Waals surface area contributed by atoms with Crippen molar-refractivity contribution in [2.24, 2.45) is 27.9 Å². The van der Waals surface area contributed by atoms with Gasteiger partial charge in [0.1, 0.15) is 24.2 Å². The Morgan fingerprint density at radius 3 is 2.35 bits per heavy atom. The fraction of sp³-hybridized carbons (Fsp3) is 0.583. The van der Waals surface area contributed by atoms with Crippen LogP contribution in [0.25, 0.3) is 0 Å². The van der Waals surface area contributed by atoms with Crippen molar-refractivity contribution in [3.05, 3.63) is 18.2 Å². The van der Waals surface area contributed by atoms with Gasteiger partial charge in [-0.3, -0.25) is 29.0 Å². The van der Waals surface area contributed by atoms with Gasteiger partial charge in [0.15, 0.2) is 5.96 Å². The summed E-state index contributed by atoms with van der Waals surface area (Å²) in [6, 6.07) is -6.39. The molecule has 19 nitrogen and oxygen atoms in total. The summed E-state index contributed by atoms with van der Waals surface area (Å²) in [4.78, 5) is 87.0. The molecule has 0 spiro atoms. The minimum Gasteiger partial charge on any atom is -0.480 e. The van der Waals surface area contributed by atoms with Gasteiger partial charge in [0.05, 0.1) is 25.4 Å². The summed E-state index contributed by atoms with van der Waals surface area (Å²) < 4.78 is 0. The molecular weight excluding hydrogens is 570 g/mol. The van der Waals surface area contributed by atoms with Crippen LogP contribution in [0.4, 0.5) is 0 Å². The largest absolute Gasteiger partial charge is 0.480 e. The number of aliphatic carboxylic acids is 1. The number of nitrogens with two attached hydrogens (primary N) is 4. The second-order valence-electron chi connectivity index (χ2n) is 9.90. The molecule has 0 saturated carbocycles. The fourth-order valence-electron chi connectivity index (χ4n) is 4.41. The summed E-state index contributed by atoms with van der Waals surface area (Å²) in [5.74, 6) is -5.44. The van der Waals surface area contributed by atoms with Gasteiger partial charge in [-0.15, -0.1) is 0 Å². The lowest BCUT2D eigenvalue weighted by Gasteiger charge is -2.30. The average Bonchev–Trinajstić information content (AvgIpc) is 3.64. The van der Waals surface area contributed by atoms with E-state index in [9.17, 15) is 39.0 Å². The Morgan fingerprint density at radius 2 is 1.77 bits per heavy atom. The van der Waals surface area contributed by atoms with Crippen LogP contribution in [0, 0.1) is 0 Å². The maximum atomic E-state index is 13.7. The van der Waals surface area contributed by atoms with Crippen molar-refractivity contribution >= 4 is 41.5 Å². The van der Waals surface area contributed by atoms with Crippen molar-refractivity contribution in [3.63, 3.8) is 0 Å². The molecule has 1 aromatic heterocycles. The molecule has 14 N–H and O–H groups in total. The number of aromatic nitrogens is 2. The molecule has 1 fully saturated rings. The minimum atomic E-state index is -1.61. The fourth-order valence-corrected chi connectivity index (χ4v) is 4.41. The molecule has 238 valence electrons. The quantitative estimate of drug-likeness (QED) is 0.0450. The maximum Gasteiger partial charge on any atom is 0.328 e. The Balaban J connectivity index is 2.22. The standard InChI is InChI=1S/C24H39N11O8/c25-13(8-18(26)37)19(38)33-15(7-12-9-29-11-31-12)22(41)35-6-2-4-17(35)21(40)32-14(3-1-5-30-24(27)28)20(39)34-16(10-36)23(42)43/h9,11,13-17,36H,1-8,10,25H2,(H2,26,37)(H,29,31)(H,32,40)(H,33,38)(H,34,39)(H,42,43)(H4,27,28,30)/t13-,14-,15-,16-,17-/m0/s1. The number of aromatic amines is 1. The number of carboxylic acid groups (broad SMARTS) is 1. The maximum absolute atomic E-state index is 13.7. The average molecular weight is 610 g/mol. The Morgan fingerprint density at radius 1 is 1.07 bits per heavy atom. The number of aliphatic hydroxyl groups excluding tert-OH is 1. The van der Waals surface area contributed by atoms with E-state index >= 15 is 0 Å². The van der Waals surface area contributed by atoms with Gasteiger partial charge in [-0.25, -0.2) is 9.78 Å². The van der Waals surface area contributed by atoms with Crippen LogP contribution in [0.5, 0.6) is 0 Å². The van der Waals surface area contributed by atoms with Crippen LogP contribution >= 0.6 is 0 Å². The summed E-state index contributed by atoms with van der Waals surface area (Å²) in [6.07, 6.45) is 3.25. The van der Waals surface area contributed by atoms with Crippen LogP contribution in [0.15, 0.2) is 17.5 Å². The molecule has 0 radical (unpaired) electrons.